The van der Waals surface area contributed by atoms with E-state index < -0.39 is 27.9 Å². The topological polar surface area (TPSA) is 113 Å². The summed E-state index contributed by atoms with van der Waals surface area (Å²) in [7, 11) is -3.46. The third kappa shape index (κ3) is 10.5. The molecular formula is C11H22N2O5S. The Hall–Kier alpha value is -1.15. The third-order valence-corrected chi connectivity index (χ3v) is 2.96. The van der Waals surface area contributed by atoms with Crippen molar-refractivity contribution in [2.75, 3.05) is 12.8 Å². The summed E-state index contributed by atoms with van der Waals surface area (Å²) in [5, 5.41) is 11.0. The summed E-state index contributed by atoms with van der Waals surface area (Å²) < 4.78 is 24.6. The zero-order valence-electron chi connectivity index (χ0n) is 11.5. The minimum Gasteiger partial charge on any atom is -0.481 e. The molecule has 0 aromatic carbocycles. The number of carboxylic acids is 1. The smallest absolute Gasteiger partial charge is 0.303 e. The average Bonchev–Trinajstić information content (AvgIpc) is 2.20. The van der Waals surface area contributed by atoms with Crippen molar-refractivity contribution in [3.8, 4) is 0 Å². The highest BCUT2D eigenvalue weighted by molar-refractivity contribution is 7.88. The van der Waals surface area contributed by atoms with E-state index in [1.54, 1.807) is 0 Å². The Balaban J connectivity index is 4.34. The van der Waals surface area contributed by atoms with Crippen molar-refractivity contribution in [1.82, 2.24) is 10.0 Å². The first kappa shape index (κ1) is 17.8. The number of carbonyl (C=O) groups is 2. The lowest BCUT2D eigenvalue weighted by molar-refractivity contribution is -0.137. The molecule has 19 heavy (non-hydrogen) atoms. The Bertz CT molecular complexity index is 405. The molecule has 1 unspecified atom stereocenters. The minimum atomic E-state index is -3.46. The quantitative estimate of drug-likeness (QED) is 0.515. The number of sulfonamides is 1. The van der Waals surface area contributed by atoms with Crippen molar-refractivity contribution in [3.05, 3.63) is 0 Å². The monoisotopic (exact) mass is 294 g/mol. The van der Waals surface area contributed by atoms with E-state index in [1.807, 2.05) is 13.8 Å². The molecule has 3 N–H and O–H groups in total. The summed E-state index contributed by atoms with van der Waals surface area (Å²) >= 11 is 0. The number of nitrogens with one attached hydrogen (secondary N) is 2. The lowest BCUT2D eigenvalue weighted by atomic mass is 10.0. The molecule has 8 heteroatoms. The maximum absolute atomic E-state index is 11.8. The fourth-order valence-corrected chi connectivity index (χ4v) is 2.23. The summed E-state index contributed by atoms with van der Waals surface area (Å²) in [6, 6.07) is -0.820. The molecule has 0 aliphatic rings. The van der Waals surface area contributed by atoms with Crippen LogP contribution < -0.4 is 10.0 Å². The zero-order chi connectivity index (χ0) is 15.1. The van der Waals surface area contributed by atoms with Crippen LogP contribution in [0.2, 0.25) is 0 Å². The number of hydrogen-bond acceptors (Lipinski definition) is 4. The molecule has 0 rings (SSSR count). The number of aliphatic carboxylic acids is 1. The van der Waals surface area contributed by atoms with E-state index in [9.17, 15) is 18.0 Å². The zero-order valence-corrected chi connectivity index (χ0v) is 12.3. The molecule has 0 fully saturated rings. The lowest BCUT2D eigenvalue weighted by Crippen LogP contribution is -2.47. The summed E-state index contributed by atoms with van der Waals surface area (Å²) in [6.07, 6.45) is 1.67. The van der Waals surface area contributed by atoms with Gasteiger partial charge in [-0.05, 0) is 18.8 Å². The van der Waals surface area contributed by atoms with Gasteiger partial charge in [-0.25, -0.2) is 13.1 Å². The molecule has 0 aromatic rings. The number of hydrogen-bond donors (Lipinski definition) is 3. The number of amides is 1. The van der Waals surface area contributed by atoms with Crippen molar-refractivity contribution >= 4 is 21.9 Å². The molecule has 0 saturated carbocycles. The van der Waals surface area contributed by atoms with Crippen LogP contribution in [0, 0.1) is 5.92 Å². The second-order valence-electron chi connectivity index (χ2n) is 4.86. The second-order valence-corrected chi connectivity index (χ2v) is 6.64. The van der Waals surface area contributed by atoms with Crippen LogP contribution in [0.3, 0.4) is 0 Å². The summed E-state index contributed by atoms with van der Waals surface area (Å²) in [6.45, 7) is 3.98. The predicted octanol–water partition coefficient (Wildman–Crippen LogP) is -0.0687. The Labute approximate surface area is 113 Å². The van der Waals surface area contributed by atoms with Gasteiger partial charge >= 0.3 is 5.97 Å². The third-order valence-electron chi connectivity index (χ3n) is 2.25. The molecule has 0 aliphatic heterocycles. The van der Waals surface area contributed by atoms with Crippen molar-refractivity contribution in [2.24, 2.45) is 5.92 Å². The number of carboxylic acid groups (broad SMARTS) is 1. The fourth-order valence-electron chi connectivity index (χ4n) is 1.51. The van der Waals surface area contributed by atoms with Gasteiger partial charge in [-0.15, -0.1) is 0 Å². The average molecular weight is 294 g/mol. The van der Waals surface area contributed by atoms with Gasteiger partial charge < -0.3 is 10.4 Å². The number of carbonyl (C=O) groups excluding carboxylic acids is 1. The van der Waals surface area contributed by atoms with E-state index in [4.69, 9.17) is 5.11 Å². The van der Waals surface area contributed by atoms with Gasteiger partial charge in [-0.3, -0.25) is 9.59 Å². The van der Waals surface area contributed by atoms with Gasteiger partial charge in [0.15, 0.2) is 0 Å². The molecule has 7 nitrogen and oxygen atoms in total. The molecule has 0 aromatic heterocycles. The van der Waals surface area contributed by atoms with E-state index in [2.05, 4.69) is 10.0 Å². The van der Waals surface area contributed by atoms with Crippen LogP contribution in [0.5, 0.6) is 0 Å². The summed E-state index contributed by atoms with van der Waals surface area (Å²) in [4.78, 5) is 22.1. The van der Waals surface area contributed by atoms with Gasteiger partial charge in [0.1, 0.15) is 6.04 Å². The van der Waals surface area contributed by atoms with Crippen LogP contribution in [-0.2, 0) is 19.6 Å². The van der Waals surface area contributed by atoms with E-state index in [0.717, 1.165) is 6.26 Å². The lowest BCUT2D eigenvalue weighted by Gasteiger charge is -2.18. The first-order valence-electron chi connectivity index (χ1n) is 6.08. The molecular weight excluding hydrogens is 272 g/mol. The van der Waals surface area contributed by atoms with Crippen molar-refractivity contribution < 1.29 is 23.1 Å². The maximum Gasteiger partial charge on any atom is 0.303 e. The molecule has 0 heterocycles. The predicted molar refractivity (Wildman–Crippen MR) is 71.1 cm³/mol. The van der Waals surface area contributed by atoms with E-state index in [0.29, 0.717) is 12.8 Å². The standard InChI is InChI=1S/C11H22N2O5S/c1-8(2)7-9(13-19(3,17)18)11(16)12-6-4-5-10(14)15/h8-9,13H,4-7H2,1-3H3,(H,12,16)(H,14,15). The highest BCUT2D eigenvalue weighted by Gasteiger charge is 2.22. The van der Waals surface area contributed by atoms with Crippen molar-refractivity contribution in [2.45, 2.75) is 39.2 Å². The van der Waals surface area contributed by atoms with Crippen LogP contribution in [-0.4, -0.2) is 44.2 Å². The number of rotatable bonds is 9. The van der Waals surface area contributed by atoms with Gasteiger partial charge in [-0.2, -0.15) is 0 Å². The largest absolute Gasteiger partial charge is 0.481 e. The van der Waals surface area contributed by atoms with Gasteiger partial charge in [0.25, 0.3) is 0 Å². The van der Waals surface area contributed by atoms with Gasteiger partial charge in [-0.1, -0.05) is 13.8 Å². The SMILES string of the molecule is CC(C)CC(NS(C)(=O)=O)C(=O)NCCCC(=O)O. The normalized spacial score (nSPS) is 13.3. The second kappa shape index (κ2) is 8.11. The molecule has 0 saturated heterocycles. The highest BCUT2D eigenvalue weighted by Crippen LogP contribution is 2.06. The van der Waals surface area contributed by atoms with Gasteiger partial charge in [0.05, 0.1) is 6.26 Å². The molecule has 0 radical (unpaired) electrons. The van der Waals surface area contributed by atoms with Gasteiger partial charge in [0.2, 0.25) is 15.9 Å². The summed E-state index contributed by atoms with van der Waals surface area (Å²) in [5.74, 6) is -1.20. The highest BCUT2D eigenvalue weighted by atomic mass is 32.2. The van der Waals surface area contributed by atoms with Crippen LogP contribution in [0.4, 0.5) is 0 Å². The van der Waals surface area contributed by atoms with Crippen LogP contribution in [0.15, 0.2) is 0 Å². The molecule has 0 aliphatic carbocycles. The van der Waals surface area contributed by atoms with Crippen molar-refractivity contribution in [1.29, 1.82) is 0 Å². The van der Waals surface area contributed by atoms with Crippen LogP contribution in [0.1, 0.15) is 33.1 Å². The Morgan fingerprint density at radius 3 is 2.26 bits per heavy atom. The molecule has 1 amide bonds. The van der Waals surface area contributed by atoms with Crippen LogP contribution in [0.25, 0.3) is 0 Å². The van der Waals surface area contributed by atoms with Gasteiger partial charge in [0, 0.05) is 13.0 Å². The first-order chi connectivity index (χ1) is 8.61. The van der Waals surface area contributed by atoms with Crippen molar-refractivity contribution in [3.63, 3.8) is 0 Å². The molecule has 0 spiro atoms. The molecule has 1 atom stereocenters. The van der Waals surface area contributed by atoms with E-state index in [1.165, 1.54) is 0 Å². The summed E-state index contributed by atoms with van der Waals surface area (Å²) in [5.41, 5.74) is 0. The first-order valence-corrected chi connectivity index (χ1v) is 7.97. The molecule has 0 bridgehead atoms. The Morgan fingerprint density at radius 1 is 1.26 bits per heavy atom. The van der Waals surface area contributed by atoms with E-state index >= 15 is 0 Å². The van der Waals surface area contributed by atoms with E-state index in [-0.39, 0.29) is 18.9 Å². The Morgan fingerprint density at radius 2 is 1.84 bits per heavy atom. The maximum atomic E-state index is 11.8. The van der Waals surface area contributed by atoms with Crippen LogP contribution >= 0.6 is 0 Å². The molecule has 112 valence electrons. The minimum absolute atomic E-state index is 0.0331. The Kier molecular flexibility index (Phi) is 7.62. The fraction of sp³-hybridized carbons (Fsp3) is 0.818.